The Bertz CT molecular complexity index is 588. The van der Waals surface area contributed by atoms with Crippen LogP contribution in [0.1, 0.15) is 18.9 Å². The highest BCUT2D eigenvalue weighted by Crippen LogP contribution is 2.49. The highest BCUT2D eigenvalue weighted by Gasteiger charge is 2.59. The average molecular weight is 276 g/mol. The highest BCUT2D eigenvalue weighted by molar-refractivity contribution is 5.86. The van der Waals surface area contributed by atoms with Gasteiger partial charge in [-0.25, -0.2) is 4.79 Å². The first-order chi connectivity index (χ1) is 9.49. The molecule has 1 amide bonds. The van der Waals surface area contributed by atoms with Gasteiger partial charge in [-0.05, 0) is 6.07 Å². The fourth-order valence-electron chi connectivity index (χ4n) is 3.23. The lowest BCUT2D eigenvalue weighted by Crippen LogP contribution is -2.49. The number of para-hydroxylation sites is 1. The van der Waals surface area contributed by atoms with Gasteiger partial charge >= 0.3 is 5.97 Å². The third-order valence-corrected chi connectivity index (χ3v) is 4.09. The number of esters is 1. The number of amides is 1. The molecular formula is C14H16N2O4. The zero-order valence-electron chi connectivity index (χ0n) is 11.3. The molecule has 3 rings (SSSR count). The maximum absolute atomic E-state index is 11.9. The van der Waals surface area contributed by atoms with Crippen LogP contribution in [0.4, 0.5) is 5.69 Å². The summed E-state index contributed by atoms with van der Waals surface area (Å²) in [4.78, 5) is 25.1. The van der Waals surface area contributed by atoms with Crippen molar-refractivity contribution in [2.75, 3.05) is 12.4 Å². The molecule has 1 aromatic carbocycles. The molecule has 2 heterocycles. The second kappa shape index (κ2) is 4.21. The molecule has 20 heavy (non-hydrogen) atoms. The Morgan fingerprint density at radius 1 is 1.45 bits per heavy atom. The number of rotatable bonds is 1. The Morgan fingerprint density at radius 3 is 2.80 bits per heavy atom. The maximum atomic E-state index is 11.9. The molecule has 6 nitrogen and oxygen atoms in total. The van der Waals surface area contributed by atoms with Gasteiger partial charge in [0.2, 0.25) is 5.91 Å². The van der Waals surface area contributed by atoms with E-state index in [0.29, 0.717) is 5.56 Å². The predicted molar refractivity (Wildman–Crippen MR) is 70.7 cm³/mol. The first-order valence-electron chi connectivity index (χ1n) is 6.44. The molecule has 1 aromatic rings. The molecule has 6 heteroatoms. The van der Waals surface area contributed by atoms with E-state index >= 15 is 0 Å². The van der Waals surface area contributed by atoms with Crippen molar-refractivity contribution >= 4 is 17.6 Å². The van der Waals surface area contributed by atoms with Crippen LogP contribution < -0.4 is 5.32 Å². The number of fused-ring (bicyclic) bond motifs is 3. The number of ether oxygens (including phenoxy) is 1. The van der Waals surface area contributed by atoms with E-state index in [1.165, 1.54) is 18.9 Å². The molecule has 2 aliphatic rings. The van der Waals surface area contributed by atoms with E-state index < -0.39 is 23.8 Å². The van der Waals surface area contributed by atoms with Crippen molar-refractivity contribution in [3.05, 3.63) is 29.8 Å². The number of likely N-dealkylation sites (tertiary alicyclic amines) is 1. The Labute approximate surface area is 116 Å². The Hall–Kier alpha value is -2.08. The van der Waals surface area contributed by atoms with Crippen LogP contribution in [0, 0.1) is 0 Å². The number of hydrogen-bond donors (Lipinski definition) is 2. The van der Waals surface area contributed by atoms with Crippen LogP contribution in [-0.4, -0.2) is 41.2 Å². The molecule has 1 fully saturated rings. The van der Waals surface area contributed by atoms with E-state index in [4.69, 9.17) is 4.74 Å². The van der Waals surface area contributed by atoms with Crippen molar-refractivity contribution in [2.45, 2.75) is 31.2 Å². The number of carbonyl (C=O) groups excluding carboxylic acids is 2. The lowest BCUT2D eigenvalue weighted by molar-refractivity contribution is -0.151. The van der Waals surface area contributed by atoms with Crippen molar-refractivity contribution < 1.29 is 19.4 Å². The quantitative estimate of drug-likeness (QED) is 0.727. The molecule has 0 saturated carbocycles. The summed E-state index contributed by atoms with van der Waals surface area (Å²) in [5.41, 5.74) is 0.235. The van der Waals surface area contributed by atoms with E-state index in [2.05, 4.69) is 5.32 Å². The van der Waals surface area contributed by atoms with Gasteiger partial charge in [0.15, 0.2) is 0 Å². The molecule has 0 aromatic heterocycles. The summed E-state index contributed by atoms with van der Waals surface area (Å²) in [5, 5.41) is 14.1. The predicted octanol–water partition coefficient (Wildman–Crippen LogP) is 0.420. The van der Waals surface area contributed by atoms with Crippen molar-refractivity contribution in [1.82, 2.24) is 4.90 Å². The number of anilines is 1. The van der Waals surface area contributed by atoms with E-state index in [1.807, 2.05) is 18.2 Å². The maximum Gasteiger partial charge on any atom is 0.328 e. The number of hydrogen-bond acceptors (Lipinski definition) is 5. The van der Waals surface area contributed by atoms with E-state index in [1.54, 1.807) is 6.07 Å². The van der Waals surface area contributed by atoms with Gasteiger partial charge in [-0.1, -0.05) is 18.2 Å². The van der Waals surface area contributed by atoms with Crippen LogP contribution in [0.3, 0.4) is 0 Å². The van der Waals surface area contributed by atoms with E-state index in [0.717, 1.165) is 5.69 Å². The second-order valence-electron chi connectivity index (χ2n) is 5.19. The molecule has 106 valence electrons. The molecule has 0 radical (unpaired) electrons. The van der Waals surface area contributed by atoms with Crippen molar-refractivity contribution in [3.63, 3.8) is 0 Å². The van der Waals surface area contributed by atoms with Gasteiger partial charge in [-0.15, -0.1) is 0 Å². The number of carbonyl (C=O) groups is 2. The third-order valence-electron chi connectivity index (χ3n) is 4.09. The molecule has 1 saturated heterocycles. The van der Waals surface area contributed by atoms with Crippen LogP contribution in [0.15, 0.2) is 24.3 Å². The number of methoxy groups -OCH3 is 1. The van der Waals surface area contributed by atoms with Gasteiger partial charge in [0.25, 0.3) is 0 Å². The van der Waals surface area contributed by atoms with Crippen LogP contribution in [0.2, 0.25) is 0 Å². The largest absolute Gasteiger partial charge is 0.467 e. The monoisotopic (exact) mass is 276 g/mol. The van der Waals surface area contributed by atoms with Gasteiger partial charge in [0.05, 0.1) is 7.11 Å². The minimum atomic E-state index is -1.26. The van der Waals surface area contributed by atoms with Gasteiger partial charge < -0.3 is 20.1 Å². The number of nitrogens with zero attached hydrogens (tertiary/aromatic N) is 1. The minimum Gasteiger partial charge on any atom is -0.467 e. The minimum absolute atomic E-state index is 0.133. The molecule has 0 bridgehead atoms. The van der Waals surface area contributed by atoms with Crippen LogP contribution in [0.25, 0.3) is 0 Å². The van der Waals surface area contributed by atoms with E-state index in [-0.39, 0.29) is 12.3 Å². The summed E-state index contributed by atoms with van der Waals surface area (Å²) in [6.45, 7) is 1.38. The summed E-state index contributed by atoms with van der Waals surface area (Å²) < 4.78 is 4.74. The Kier molecular flexibility index (Phi) is 2.72. The van der Waals surface area contributed by atoms with Crippen LogP contribution >= 0.6 is 0 Å². The Morgan fingerprint density at radius 2 is 2.15 bits per heavy atom. The molecule has 3 atom stereocenters. The first-order valence-corrected chi connectivity index (χ1v) is 6.44. The molecular weight excluding hydrogens is 260 g/mol. The number of nitrogens with one attached hydrogen (secondary N) is 1. The Balaban J connectivity index is 2.06. The molecule has 0 unspecified atom stereocenters. The first kappa shape index (κ1) is 12.9. The standard InChI is InChI=1S/C14H16N2O4/c1-8(17)16-11(12(18)20-2)7-14(19)9-5-3-4-6-10(9)15-13(14)16/h3-6,11,13,15,19H,7H2,1-2H3/t11-,13-,14-/m0/s1. The smallest absolute Gasteiger partial charge is 0.328 e. The average Bonchev–Trinajstić information content (AvgIpc) is 2.87. The lowest BCUT2D eigenvalue weighted by Gasteiger charge is -2.29. The van der Waals surface area contributed by atoms with Gasteiger partial charge in [-0.2, -0.15) is 0 Å². The van der Waals surface area contributed by atoms with Crippen LogP contribution in [-0.2, 0) is 19.9 Å². The zero-order valence-corrected chi connectivity index (χ0v) is 11.3. The molecule has 2 N–H and O–H groups in total. The SMILES string of the molecule is COC(=O)[C@@H]1C[C@]2(O)c3ccccc3N[C@H]2N1C(C)=O. The lowest BCUT2D eigenvalue weighted by atomic mass is 9.91. The molecule has 2 aliphatic heterocycles. The summed E-state index contributed by atoms with van der Waals surface area (Å²) >= 11 is 0. The fourth-order valence-corrected chi connectivity index (χ4v) is 3.23. The van der Waals surface area contributed by atoms with Gasteiger partial charge in [-0.3, -0.25) is 4.79 Å². The molecule has 0 spiro atoms. The third kappa shape index (κ3) is 1.54. The summed E-state index contributed by atoms with van der Waals surface area (Å²) in [6, 6.07) is 6.56. The summed E-state index contributed by atoms with van der Waals surface area (Å²) in [5.74, 6) is -0.788. The number of aliphatic hydroxyl groups is 1. The summed E-state index contributed by atoms with van der Waals surface area (Å²) in [6.07, 6.45) is -0.505. The highest BCUT2D eigenvalue weighted by atomic mass is 16.5. The topological polar surface area (TPSA) is 78.9 Å². The molecule has 0 aliphatic carbocycles. The van der Waals surface area contributed by atoms with Crippen molar-refractivity contribution in [2.24, 2.45) is 0 Å². The van der Waals surface area contributed by atoms with Gasteiger partial charge in [0.1, 0.15) is 17.8 Å². The fraction of sp³-hybridized carbons (Fsp3) is 0.429. The number of benzene rings is 1. The zero-order chi connectivity index (χ0) is 14.5. The van der Waals surface area contributed by atoms with Gasteiger partial charge in [0, 0.05) is 24.6 Å². The second-order valence-corrected chi connectivity index (χ2v) is 5.19. The van der Waals surface area contributed by atoms with Crippen LogP contribution in [0.5, 0.6) is 0 Å². The summed E-state index contributed by atoms with van der Waals surface area (Å²) in [7, 11) is 1.28. The van der Waals surface area contributed by atoms with Crippen molar-refractivity contribution in [1.29, 1.82) is 0 Å². The van der Waals surface area contributed by atoms with E-state index in [9.17, 15) is 14.7 Å². The van der Waals surface area contributed by atoms with Crippen molar-refractivity contribution in [3.8, 4) is 0 Å². The normalized spacial score (nSPS) is 30.4.